The third-order valence-corrected chi connectivity index (χ3v) is 4.72. The van der Waals surface area contributed by atoms with Crippen molar-refractivity contribution < 1.29 is 18.8 Å². The molecule has 0 amide bonds. The molecule has 1 fully saturated rings. The molecule has 0 spiro atoms. The second-order valence-corrected chi connectivity index (χ2v) is 6.64. The molecule has 0 radical (unpaired) electrons. The fourth-order valence-electron chi connectivity index (χ4n) is 3.31. The first kappa shape index (κ1) is 17.0. The number of rotatable bonds is 4. The van der Waals surface area contributed by atoms with Crippen molar-refractivity contribution in [3.8, 4) is 0 Å². The maximum absolute atomic E-state index is 12.6. The zero-order chi connectivity index (χ0) is 17.1. The van der Waals surface area contributed by atoms with Crippen LogP contribution in [0.5, 0.6) is 0 Å². The normalized spacial score (nSPS) is 20.9. The molecule has 128 valence electrons. The van der Waals surface area contributed by atoms with Gasteiger partial charge in [0.25, 0.3) is 0 Å². The number of fused-ring (bicyclic) bond motifs is 1. The van der Waals surface area contributed by atoms with E-state index in [0.29, 0.717) is 41.3 Å². The van der Waals surface area contributed by atoms with Gasteiger partial charge in [-0.25, -0.2) is 0 Å². The molecule has 1 aromatic carbocycles. The molecule has 2 unspecified atom stereocenters. The van der Waals surface area contributed by atoms with E-state index in [1.54, 1.807) is 18.2 Å². The number of carbonyl (C=O) groups is 1. The van der Waals surface area contributed by atoms with Gasteiger partial charge in [-0.1, -0.05) is 11.6 Å². The summed E-state index contributed by atoms with van der Waals surface area (Å²) in [4.78, 5) is 25.8. The molecule has 2 heterocycles. The predicted molar refractivity (Wildman–Crippen MR) is 91.3 cm³/mol. The van der Waals surface area contributed by atoms with Gasteiger partial charge in [0.1, 0.15) is 24.3 Å². The Bertz CT molecular complexity index is 801. The number of halogens is 1. The average Bonchev–Trinajstić information content (AvgIpc) is 2.58. The van der Waals surface area contributed by atoms with Crippen LogP contribution in [-0.2, 0) is 16.1 Å². The molecule has 0 bridgehead atoms. The Kier molecular flexibility index (Phi) is 5.21. The molecule has 6 heteroatoms. The topological polar surface area (TPSA) is 61.0 Å². The summed E-state index contributed by atoms with van der Waals surface area (Å²) < 4.78 is 10.7. The van der Waals surface area contributed by atoms with Crippen LogP contribution in [0.3, 0.4) is 0 Å². The molecular weight excluding hydrogens is 330 g/mol. The SMILES string of the molecule is CCOC(=O)C1CCC[NH+](Cc2coc3ccc(Cl)cc3c2=O)C1. The summed E-state index contributed by atoms with van der Waals surface area (Å²) in [7, 11) is 0. The van der Waals surface area contributed by atoms with Crippen LogP contribution in [0.4, 0.5) is 0 Å². The van der Waals surface area contributed by atoms with Crippen LogP contribution in [-0.4, -0.2) is 25.7 Å². The fraction of sp³-hybridized carbons (Fsp3) is 0.444. The molecule has 0 aliphatic carbocycles. The Morgan fingerprint density at radius 2 is 2.29 bits per heavy atom. The van der Waals surface area contributed by atoms with Crippen molar-refractivity contribution in [2.24, 2.45) is 5.92 Å². The van der Waals surface area contributed by atoms with Crippen molar-refractivity contribution in [2.75, 3.05) is 19.7 Å². The Hall–Kier alpha value is -1.85. The van der Waals surface area contributed by atoms with Gasteiger partial charge in [0.15, 0.2) is 0 Å². The number of esters is 1. The van der Waals surface area contributed by atoms with E-state index < -0.39 is 0 Å². The third kappa shape index (κ3) is 3.62. The van der Waals surface area contributed by atoms with Gasteiger partial charge in [0, 0.05) is 5.02 Å². The number of carbonyl (C=O) groups excluding carboxylic acids is 1. The monoisotopic (exact) mass is 350 g/mol. The van der Waals surface area contributed by atoms with Crippen molar-refractivity contribution in [3.63, 3.8) is 0 Å². The van der Waals surface area contributed by atoms with E-state index in [2.05, 4.69) is 0 Å². The quantitative estimate of drug-likeness (QED) is 0.854. The maximum atomic E-state index is 12.6. The number of benzene rings is 1. The van der Waals surface area contributed by atoms with Gasteiger partial charge < -0.3 is 14.1 Å². The lowest BCUT2D eigenvalue weighted by Gasteiger charge is -2.28. The first-order valence-corrected chi connectivity index (χ1v) is 8.66. The Morgan fingerprint density at radius 3 is 3.08 bits per heavy atom. The molecule has 1 N–H and O–H groups in total. The number of hydrogen-bond acceptors (Lipinski definition) is 4. The molecule has 3 rings (SSSR count). The first-order valence-electron chi connectivity index (χ1n) is 8.28. The molecular formula is C18H21ClNO4+. The molecule has 1 saturated heterocycles. The molecule has 1 aliphatic rings. The largest absolute Gasteiger partial charge is 0.466 e. The highest BCUT2D eigenvalue weighted by Crippen LogP contribution is 2.17. The van der Waals surface area contributed by atoms with E-state index in [4.69, 9.17) is 20.8 Å². The Labute approximate surface area is 145 Å². The number of likely N-dealkylation sites (tertiary alicyclic amines) is 1. The fourth-order valence-corrected chi connectivity index (χ4v) is 3.48. The van der Waals surface area contributed by atoms with Crippen LogP contribution in [0.1, 0.15) is 25.3 Å². The Morgan fingerprint density at radius 1 is 1.46 bits per heavy atom. The first-order chi connectivity index (χ1) is 11.6. The van der Waals surface area contributed by atoms with Gasteiger partial charge in [0.05, 0.1) is 30.6 Å². The van der Waals surface area contributed by atoms with Gasteiger partial charge in [-0.15, -0.1) is 0 Å². The molecule has 1 aliphatic heterocycles. The Balaban J connectivity index is 1.78. The number of quaternary nitrogens is 1. The van der Waals surface area contributed by atoms with Crippen molar-refractivity contribution in [1.82, 2.24) is 0 Å². The standard InChI is InChI=1S/C18H20ClNO4/c1-2-23-18(22)12-4-3-7-20(9-12)10-13-11-24-16-6-5-14(19)8-15(16)17(13)21/h5-6,8,11-12H,2-4,7,9-10H2,1H3/p+1. The summed E-state index contributed by atoms with van der Waals surface area (Å²) in [5.41, 5.74) is 1.10. The zero-order valence-electron chi connectivity index (χ0n) is 13.6. The second kappa shape index (κ2) is 7.36. The lowest BCUT2D eigenvalue weighted by molar-refractivity contribution is -0.921. The van der Waals surface area contributed by atoms with Crippen LogP contribution in [0, 0.1) is 5.92 Å². The predicted octanol–water partition coefficient (Wildman–Crippen LogP) is 1.80. The van der Waals surface area contributed by atoms with Crippen LogP contribution in [0.25, 0.3) is 11.0 Å². The molecule has 5 nitrogen and oxygen atoms in total. The number of piperidine rings is 1. The van der Waals surface area contributed by atoms with E-state index >= 15 is 0 Å². The van der Waals surface area contributed by atoms with Crippen molar-refractivity contribution in [3.05, 3.63) is 45.3 Å². The number of ether oxygens (including phenoxy) is 1. The van der Waals surface area contributed by atoms with Crippen LogP contribution < -0.4 is 10.3 Å². The number of hydrogen-bond donors (Lipinski definition) is 1. The zero-order valence-corrected chi connectivity index (χ0v) is 14.4. The van der Waals surface area contributed by atoms with E-state index in [-0.39, 0.29) is 17.3 Å². The maximum Gasteiger partial charge on any atom is 0.314 e. The van der Waals surface area contributed by atoms with E-state index in [1.807, 2.05) is 6.92 Å². The van der Waals surface area contributed by atoms with Crippen LogP contribution >= 0.6 is 11.6 Å². The molecule has 2 aromatic rings. The van der Waals surface area contributed by atoms with Gasteiger partial charge in [-0.3, -0.25) is 9.59 Å². The lowest BCUT2D eigenvalue weighted by Crippen LogP contribution is -3.12. The molecule has 1 aromatic heterocycles. The third-order valence-electron chi connectivity index (χ3n) is 4.48. The summed E-state index contributed by atoms with van der Waals surface area (Å²) in [5, 5.41) is 1.01. The molecule has 24 heavy (non-hydrogen) atoms. The smallest absolute Gasteiger partial charge is 0.314 e. The van der Waals surface area contributed by atoms with Crippen molar-refractivity contribution >= 4 is 28.5 Å². The van der Waals surface area contributed by atoms with Crippen molar-refractivity contribution in [1.29, 1.82) is 0 Å². The highest BCUT2D eigenvalue weighted by Gasteiger charge is 2.30. The van der Waals surface area contributed by atoms with E-state index in [9.17, 15) is 9.59 Å². The minimum atomic E-state index is -0.132. The highest BCUT2D eigenvalue weighted by molar-refractivity contribution is 6.31. The minimum absolute atomic E-state index is 0.0514. The van der Waals surface area contributed by atoms with E-state index in [1.165, 1.54) is 11.2 Å². The highest BCUT2D eigenvalue weighted by atomic mass is 35.5. The van der Waals surface area contributed by atoms with E-state index in [0.717, 1.165) is 19.4 Å². The summed E-state index contributed by atoms with van der Waals surface area (Å²) in [6, 6.07) is 5.04. The average molecular weight is 351 g/mol. The van der Waals surface area contributed by atoms with Gasteiger partial charge in [-0.05, 0) is 38.0 Å². The number of nitrogens with one attached hydrogen (secondary N) is 1. The summed E-state index contributed by atoms with van der Waals surface area (Å²) >= 11 is 5.98. The van der Waals surface area contributed by atoms with Crippen LogP contribution in [0.2, 0.25) is 5.02 Å². The van der Waals surface area contributed by atoms with Gasteiger partial charge in [0.2, 0.25) is 5.43 Å². The minimum Gasteiger partial charge on any atom is -0.466 e. The second-order valence-electron chi connectivity index (χ2n) is 6.20. The van der Waals surface area contributed by atoms with Crippen molar-refractivity contribution in [2.45, 2.75) is 26.3 Å². The summed E-state index contributed by atoms with van der Waals surface area (Å²) in [6.07, 6.45) is 3.33. The summed E-state index contributed by atoms with van der Waals surface area (Å²) in [6.45, 7) is 4.38. The summed E-state index contributed by atoms with van der Waals surface area (Å²) in [5.74, 6) is -0.220. The van der Waals surface area contributed by atoms with Gasteiger partial charge >= 0.3 is 5.97 Å². The molecule has 2 atom stereocenters. The molecule has 0 saturated carbocycles. The lowest BCUT2D eigenvalue weighted by atomic mass is 9.98. The van der Waals surface area contributed by atoms with Gasteiger partial charge in [-0.2, -0.15) is 0 Å². The van der Waals surface area contributed by atoms with Crippen LogP contribution in [0.15, 0.2) is 33.7 Å².